The molecule has 6 heteroatoms. The fourth-order valence-corrected chi connectivity index (χ4v) is 4.55. The number of ether oxygens (including phenoxy) is 1. The van der Waals surface area contributed by atoms with E-state index < -0.39 is 0 Å². The zero-order valence-electron chi connectivity index (χ0n) is 18.0. The van der Waals surface area contributed by atoms with Gasteiger partial charge in [0.05, 0.1) is 23.7 Å². The highest BCUT2D eigenvalue weighted by molar-refractivity contribution is 7.16. The molecule has 1 amide bonds. The minimum atomic E-state index is -0.368. The smallest absolute Gasteiger partial charge is 0.325 e. The van der Waals surface area contributed by atoms with Crippen molar-refractivity contribution in [1.82, 2.24) is 4.57 Å². The van der Waals surface area contributed by atoms with Gasteiger partial charge in [-0.2, -0.15) is 4.99 Å². The van der Waals surface area contributed by atoms with Crippen molar-refractivity contribution < 1.29 is 14.3 Å². The zero-order valence-corrected chi connectivity index (χ0v) is 18.8. The van der Waals surface area contributed by atoms with Crippen molar-refractivity contribution in [3.05, 3.63) is 63.5 Å². The molecule has 2 aromatic carbocycles. The van der Waals surface area contributed by atoms with Crippen LogP contribution in [0.15, 0.2) is 41.4 Å². The van der Waals surface area contributed by atoms with Crippen molar-refractivity contribution in [2.75, 3.05) is 7.11 Å². The lowest BCUT2D eigenvalue weighted by Crippen LogP contribution is -2.22. The number of aromatic nitrogens is 1. The van der Waals surface area contributed by atoms with Gasteiger partial charge in [0, 0.05) is 0 Å². The molecule has 0 atom stereocenters. The quantitative estimate of drug-likeness (QED) is 0.525. The Morgan fingerprint density at radius 1 is 1.13 bits per heavy atom. The fraction of sp³-hybridized carbons (Fsp3) is 0.375. The molecular weight excluding hydrogens is 396 g/mol. The molecule has 3 rings (SSSR count). The van der Waals surface area contributed by atoms with E-state index in [1.54, 1.807) is 4.57 Å². The van der Waals surface area contributed by atoms with Crippen LogP contribution in [0.3, 0.4) is 0 Å². The molecule has 0 saturated carbocycles. The Morgan fingerprint density at radius 3 is 2.63 bits per heavy atom. The largest absolute Gasteiger partial charge is 0.468 e. The lowest BCUT2D eigenvalue weighted by Gasteiger charge is -2.05. The standard InChI is InChI=1S/C24H28N2O3S/c1-5-6-7-18-9-11-20-21(13-18)30-24(26(20)15-23(28)29-4)25-22(27)14-19-10-8-16(2)12-17(19)3/h8-13H,5-7,14-15H2,1-4H3. The summed E-state index contributed by atoms with van der Waals surface area (Å²) in [7, 11) is 1.36. The number of aryl methyl sites for hydroxylation is 3. The number of benzene rings is 2. The summed E-state index contributed by atoms with van der Waals surface area (Å²) < 4.78 is 7.64. The minimum Gasteiger partial charge on any atom is -0.468 e. The Labute approximate surface area is 181 Å². The van der Waals surface area contributed by atoms with E-state index in [1.165, 1.54) is 29.6 Å². The molecule has 0 aliphatic rings. The number of carbonyl (C=O) groups is 2. The first-order valence-electron chi connectivity index (χ1n) is 10.2. The van der Waals surface area contributed by atoms with Crippen LogP contribution in [-0.4, -0.2) is 23.6 Å². The number of fused-ring (bicyclic) bond motifs is 1. The van der Waals surface area contributed by atoms with E-state index in [0.29, 0.717) is 4.80 Å². The number of thiazole rings is 1. The average Bonchev–Trinajstić information content (AvgIpc) is 3.04. The molecule has 0 saturated heterocycles. The minimum absolute atomic E-state index is 0.0283. The highest BCUT2D eigenvalue weighted by Crippen LogP contribution is 2.21. The van der Waals surface area contributed by atoms with E-state index >= 15 is 0 Å². The topological polar surface area (TPSA) is 60.7 Å². The Balaban J connectivity index is 1.99. The van der Waals surface area contributed by atoms with Gasteiger partial charge in [0.1, 0.15) is 6.54 Å². The van der Waals surface area contributed by atoms with Crippen LogP contribution in [-0.2, 0) is 33.7 Å². The summed E-state index contributed by atoms with van der Waals surface area (Å²) in [4.78, 5) is 29.6. The van der Waals surface area contributed by atoms with Gasteiger partial charge in [-0.15, -0.1) is 0 Å². The van der Waals surface area contributed by atoms with Gasteiger partial charge in [-0.3, -0.25) is 9.59 Å². The fourth-order valence-electron chi connectivity index (χ4n) is 3.44. The molecule has 30 heavy (non-hydrogen) atoms. The highest BCUT2D eigenvalue weighted by Gasteiger charge is 2.13. The van der Waals surface area contributed by atoms with Gasteiger partial charge >= 0.3 is 5.97 Å². The molecule has 0 unspecified atom stereocenters. The summed E-state index contributed by atoms with van der Waals surface area (Å²) in [6.45, 7) is 6.24. The Morgan fingerprint density at radius 2 is 1.93 bits per heavy atom. The summed E-state index contributed by atoms with van der Waals surface area (Å²) in [5.41, 5.74) is 5.36. The molecule has 158 valence electrons. The Kier molecular flexibility index (Phi) is 7.21. The van der Waals surface area contributed by atoms with Gasteiger partial charge in [-0.1, -0.05) is 54.5 Å². The predicted molar refractivity (Wildman–Crippen MR) is 121 cm³/mol. The summed E-state index contributed by atoms with van der Waals surface area (Å²) >= 11 is 1.44. The first-order valence-corrected chi connectivity index (χ1v) is 11.1. The van der Waals surface area contributed by atoms with Gasteiger partial charge < -0.3 is 9.30 Å². The summed E-state index contributed by atoms with van der Waals surface area (Å²) in [6.07, 6.45) is 3.52. The first kappa shape index (κ1) is 22.0. The average molecular weight is 425 g/mol. The van der Waals surface area contributed by atoms with Crippen LogP contribution in [0.25, 0.3) is 10.2 Å². The molecule has 0 aliphatic carbocycles. The summed E-state index contributed by atoms with van der Waals surface area (Å²) in [6, 6.07) is 12.3. The van der Waals surface area contributed by atoms with Crippen LogP contribution in [0.5, 0.6) is 0 Å². The van der Waals surface area contributed by atoms with E-state index in [0.717, 1.165) is 40.6 Å². The molecule has 3 aromatic rings. The summed E-state index contributed by atoms with van der Waals surface area (Å²) in [5.74, 6) is -0.591. The molecular formula is C24H28N2O3S. The van der Waals surface area contributed by atoms with Gasteiger partial charge in [-0.05, 0) is 55.5 Å². The highest BCUT2D eigenvalue weighted by atomic mass is 32.1. The van der Waals surface area contributed by atoms with E-state index in [2.05, 4.69) is 30.1 Å². The van der Waals surface area contributed by atoms with Crippen LogP contribution in [0, 0.1) is 13.8 Å². The van der Waals surface area contributed by atoms with Crippen molar-refractivity contribution >= 4 is 33.4 Å². The Hall–Kier alpha value is -2.73. The summed E-state index contributed by atoms with van der Waals surface area (Å²) in [5, 5.41) is 0. The first-order chi connectivity index (χ1) is 14.4. The van der Waals surface area contributed by atoms with Crippen molar-refractivity contribution in [3.63, 3.8) is 0 Å². The second-order valence-corrected chi connectivity index (χ2v) is 8.57. The van der Waals surface area contributed by atoms with Crippen molar-refractivity contribution in [2.24, 2.45) is 4.99 Å². The monoisotopic (exact) mass is 424 g/mol. The Bertz CT molecular complexity index is 1140. The third kappa shape index (κ3) is 5.25. The molecule has 1 aromatic heterocycles. The normalized spacial score (nSPS) is 11.8. The van der Waals surface area contributed by atoms with Crippen LogP contribution in [0.4, 0.5) is 0 Å². The number of esters is 1. The van der Waals surface area contributed by atoms with E-state index in [9.17, 15) is 9.59 Å². The molecule has 0 aliphatic heterocycles. The third-order valence-electron chi connectivity index (χ3n) is 5.14. The second kappa shape index (κ2) is 9.85. The van der Waals surface area contributed by atoms with E-state index in [1.807, 2.05) is 32.0 Å². The van der Waals surface area contributed by atoms with Crippen LogP contribution in [0.1, 0.15) is 42.0 Å². The van der Waals surface area contributed by atoms with Gasteiger partial charge in [-0.25, -0.2) is 0 Å². The number of unbranched alkanes of at least 4 members (excludes halogenated alkanes) is 1. The molecule has 1 heterocycles. The van der Waals surface area contributed by atoms with Crippen LogP contribution >= 0.6 is 11.3 Å². The molecule has 0 spiro atoms. The van der Waals surface area contributed by atoms with E-state index in [4.69, 9.17) is 4.74 Å². The number of hydrogen-bond acceptors (Lipinski definition) is 4. The maximum Gasteiger partial charge on any atom is 0.325 e. The van der Waals surface area contributed by atoms with Crippen molar-refractivity contribution in [1.29, 1.82) is 0 Å². The third-order valence-corrected chi connectivity index (χ3v) is 6.18. The number of methoxy groups -OCH3 is 1. The van der Waals surface area contributed by atoms with Crippen molar-refractivity contribution in [3.8, 4) is 0 Å². The number of carbonyl (C=O) groups excluding carboxylic acids is 2. The predicted octanol–water partition coefficient (Wildman–Crippen LogP) is 4.51. The molecule has 0 fully saturated rings. The van der Waals surface area contributed by atoms with Crippen molar-refractivity contribution in [2.45, 2.75) is 53.0 Å². The van der Waals surface area contributed by atoms with Gasteiger partial charge in [0.25, 0.3) is 5.91 Å². The van der Waals surface area contributed by atoms with Crippen LogP contribution in [0.2, 0.25) is 0 Å². The SMILES string of the molecule is CCCCc1ccc2c(c1)sc(=NC(=O)Cc1ccc(C)cc1C)n2CC(=O)OC. The molecule has 0 N–H and O–H groups in total. The second-order valence-electron chi connectivity index (χ2n) is 7.56. The number of rotatable bonds is 7. The lowest BCUT2D eigenvalue weighted by molar-refractivity contribution is -0.141. The number of amides is 1. The molecule has 0 bridgehead atoms. The van der Waals surface area contributed by atoms with Gasteiger partial charge in [0.2, 0.25) is 0 Å². The lowest BCUT2D eigenvalue weighted by atomic mass is 10.0. The maximum atomic E-state index is 12.7. The van der Waals surface area contributed by atoms with Gasteiger partial charge in [0.15, 0.2) is 4.80 Å². The maximum absolute atomic E-state index is 12.7. The number of nitrogens with zero attached hydrogens (tertiary/aromatic N) is 2. The number of hydrogen-bond donors (Lipinski definition) is 0. The molecule has 0 radical (unpaired) electrons. The van der Waals surface area contributed by atoms with E-state index in [-0.39, 0.29) is 24.8 Å². The molecule has 5 nitrogen and oxygen atoms in total. The van der Waals surface area contributed by atoms with Crippen LogP contribution < -0.4 is 4.80 Å². The zero-order chi connectivity index (χ0) is 21.7.